The van der Waals surface area contributed by atoms with E-state index in [-0.39, 0.29) is 11.7 Å². The maximum atomic E-state index is 13.8. The summed E-state index contributed by atoms with van der Waals surface area (Å²) in [6.07, 6.45) is 4.85. The molecule has 4 N–H and O–H groups in total. The highest BCUT2D eigenvalue weighted by Gasteiger charge is 2.15. The highest BCUT2D eigenvalue weighted by molar-refractivity contribution is 5.97. The van der Waals surface area contributed by atoms with E-state index in [1.165, 1.54) is 31.7 Å². The minimum Gasteiger partial charge on any atom is -0.409 e. The predicted octanol–water partition coefficient (Wildman–Crippen LogP) is 1.95. The first kappa shape index (κ1) is 12.8. The number of amidine groups is 1. The van der Waals surface area contributed by atoms with Crippen LogP contribution in [-0.2, 0) is 6.54 Å². The SMILES string of the molecule is NC(=NO)c1ccc(CNC2CCCC2)c(F)c1. The van der Waals surface area contributed by atoms with Crippen LogP contribution >= 0.6 is 0 Å². The molecule has 4 nitrogen and oxygen atoms in total. The fourth-order valence-corrected chi connectivity index (χ4v) is 2.29. The van der Waals surface area contributed by atoms with E-state index in [9.17, 15) is 4.39 Å². The molecule has 2 rings (SSSR count). The van der Waals surface area contributed by atoms with Crippen LogP contribution in [0.15, 0.2) is 23.4 Å². The maximum absolute atomic E-state index is 13.8. The lowest BCUT2D eigenvalue weighted by Gasteiger charge is -2.12. The summed E-state index contributed by atoms with van der Waals surface area (Å²) in [5.74, 6) is -0.409. The maximum Gasteiger partial charge on any atom is 0.170 e. The van der Waals surface area contributed by atoms with Gasteiger partial charge in [-0.15, -0.1) is 0 Å². The zero-order valence-electron chi connectivity index (χ0n) is 10.2. The smallest absolute Gasteiger partial charge is 0.170 e. The molecule has 98 valence electrons. The second kappa shape index (κ2) is 5.82. The molecule has 1 aliphatic carbocycles. The molecule has 1 fully saturated rings. The molecule has 1 aliphatic rings. The standard InChI is InChI=1S/C13H18FN3O/c14-12-7-9(13(15)17-18)5-6-10(12)8-16-11-3-1-2-4-11/h5-7,11,16,18H,1-4,8H2,(H2,15,17). The van der Waals surface area contributed by atoms with E-state index in [0.717, 1.165) is 0 Å². The van der Waals surface area contributed by atoms with Crippen molar-refractivity contribution < 1.29 is 9.60 Å². The van der Waals surface area contributed by atoms with Crippen LogP contribution in [0.25, 0.3) is 0 Å². The van der Waals surface area contributed by atoms with Crippen molar-refractivity contribution in [3.8, 4) is 0 Å². The van der Waals surface area contributed by atoms with Gasteiger partial charge in [0.25, 0.3) is 0 Å². The van der Waals surface area contributed by atoms with Crippen molar-refractivity contribution in [1.29, 1.82) is 0 Å². The Bertz CT molecular complexity index is 442. The van der Waals surface area contributed by atoms with Crippen molar-refractivity contribution in [2.45, 2.75) is 38.3 Å². The first-order valence-electron chi connectivity index (χ1n) is 6.20. The van der Waals surface area contributed by atoms with E-state index in [2.05, 4.69) is 10.5 Å². The van der Waals surface area contributed by atoms with Crippen LogP contribution in [0.2, 0.25) is 0 Å². The summed E-state index contributed by atoms with van der Waals surface area (Å²) in [7, 11) is 0. The summed E-state index contributed by atoms with van der Waals surface area (Å²) < 4.78 is 13.8. The number of nitrogens with zero attached hydrogens (tertiary/aromatic N) is 1. The summed E-state index contributed by atoms with van der Waals surface area (Å²) in [5, 5.41) is 14.7. The Balaban J connectivity index is 2.00. The van der Waals surface area contributed by atoms with Gasteiger partial charge in [-0.25, -0.2) is 4.39 Å². The molecule has 0 amide bonds. The Kier molecular flexibility index (Phi) is 4.15. The van der Waals surface area contributed by atoms with Gasteiger partial charge in [-0.3, -0.25) is 0 Å². The third kappa shape index (κ3) is 2.98. The van der Waals surface area contributed by atoms with Gasteiger partial charge in [-0.1, -0.05) is 30.1 Å². The molecular weight excluding hydrogens is 233 g/mol. The van der Waals surface area contributed by atoms with Gasteiger partial charge in [0.1, 0.15) is 5.82 Å². The number of halogens is 1. The van der Waals surface area contributed by atoms with Crippen molar-refractivity contribution in [3.63, 3.8) is 0 Å². The third-order valence-corrected chi connectivity index (χ3v) is 3.39. The number of hydrogen-bond donors (Lipinski definition) is 3. The number of hydrogen-bond acceptors (Lipinski definition) is 3. The highest BCUT2D eigenvalue weighted by Crippen LogP contribution is 2.18. The molecule has 0 bridgehead atoms. The molecule has 0 atom stereocenters. The molecule has 0 radical (unpaired) electrons. The molecule has 0 saturated heterocycles. The molecule has 1 aromatic carbocycles. The molecule has 5 heteroatoms. The van der Waals surface area contributed by atoms with Gasteiger partial charge in [0.2, 0.25) is 0 Å². The van der Waals surface area contributed by atoms with Crippen LogP contribution in [0, 0.1) is 5.82 Å². The summed E-state index contributed by atoms with van der Waals surface area (Å²) in [6, 6.07) is 5.13. The van der Waals surface area contributed by atoms with E-state index >= 15 is 0 Å². The minimum absolute atomic E-state index is 0.0794. The number of nitrogens with one attached hydrogen (secondary N) is 1. The average Bonchev–Trinajstić information content (AvgIpc) is 2.89. The molecule has 0 spiro atoms. The van der Waals surface area contributed by atoms with Crippen molar-refractivity contribution in [3.05, 3.63) is 35.1 Å². The predicted molar refractivity (Wildman–Crippen MR) is 68.0 cm³/mol. The second-order valence-electron chi connectivity index (χ2n) is 4.65. The summed E-state index contributed by atoms with van der Waals surface area (Å²) in [6.45, 7) is 0.521. The number of nitrogens with two attached hydrogens (primary N) is 1. The van der Waals surface area contributed by atoms with Crippen molar-refractivity contribution >= 4 is 5.84 Å². The Labute approximate surface area is 106 Å². The topological polar surface area (TPSA) is 70.6 Å². The summed E-state index contributed by atoms with van der Waals surface area (Å²) >= 11 is 0. The van der Waals surface area contributed by atoms with Gasteiger partial charge in [-0.05, 0) is 18.9 Å². The van der Waals surface area contributed by atoms with Crippen molar-refractivity contribution in [1.82, 2.24) is 5.32 Å². The first-order valence-corrected chi connectivity index (χ1v) is 6.20. The van der Waals surface area contributed by atoms with Crippen LogP contribution in [0.1, 0.15) is 36.8 Å². The fraction of sp³-hybridized carbons (Fsp3) is 0.462. The molecule has 1 aromatic rings. The lowest BCUT2D eigenvalue weighted by Crippen LogP contribution is -2.25. The van der Waals surface area contributed by atoms with Crippen LogP contribution in [0.3, 0.4) is 0 Å². The van der Waals surface area contributed by atoms with E-state index in [0.29, 0.717) is 23.7 Å². The van der Waals surface area contributed by atoms with Crippen LogP contribution in [0.5, 0.6) is 0 Å². The summed E-state index contributed by atoms with van der Waals surface area (Å²) in [4.78, 5) is 0. The lowest BCUT2D eigenvalue weighted by atomic mass is 10.1. The van der Waals surface area contributed by atoms with Gasteiger partial charge in [0, 0.05) is 23.7 Å². The molecule has 18 heavy (non-hydrogen) atoms. The highest BCUT2D eigenvalue weighted by atomic mass is 19.1. The lowest BCUT2D eigenvalue weighted by molar-refractivity contribution is 0.318. The average molecular weight is 251 g/mol. The van der Waals surface area contributed by atoms with Crippen LogP contribution < -0.4 is 11.1 Å². The molecule has 1 saturated carbocycles. The van der Waals surface area contributed by atoms with E-state index < -0.39 is 0 Å². The normalized spacial score (nSPS) is 17.3. The van der Waals surface area contributed by atoms with Gasteiger partial charge in [0.15, 0.2) is 5.84 Å². The number of benzene rings is 1. The second-order valence-corrected chi connectivity index (χ2v) is 4.65. The van der Waals surface area contributed by atoms with Crippen LogP contribution in [-0.4, -0.2) is 17.1 Å². The number of oxime groups is 1. The Morgan fingerprint density at radius 3 is 2.78 bits per heavy atom. The van der Waals surface area contributed by atoms with Gasteiger partial charge >= 0.3 is 0 Å². The molecule has 0 unspecified atom stereocenters. The number of rotatable bonds is 4. The largest absolute Gasteiger partial charge is 0.409 e. The zero-order valence-corrected chi connectivity index (χ0v) is 10.2. The van der Waals surface area contributed by atoms with Gasteiger partial charge < -0.3 is 16.3 Å². The molecule has 0 aromatic heterocycles. The molecular formula is C13H18FN3O. The monoisotopic (exact) mass is 251 g/mol. The van der Waals surface area contributed by atoms with Crippen LogP contribution in [0.4, 0.5) is 4.39 Å². The molecule has 0 aliphatic heterocycles. The van der Waals surface area contributed by atoms with Gasteiger partial charge in [-0.2, -0.15) is 0 Å². The van der Waals surface area contributed by atoms with Crippen molar-refractivity contribution in [2.24, 2.45) is 10.9 Å². The molecule has 0 heterocycles. The Morgan fingerprint density at radius 1 is 1.44 bits per heavy atom. The fourth-order valence-electron chi connectivity index (χ4n) is 2.29. The summed E-state index contributed by atoms with van der Waals surface area (Å²) in [5.41, 5.74) is 6.40. The quantitative estimate of drug-likeness (QED) is 0.331. The van der Waals surface area contributed by atoms with E-state index in [1.807, 2.05) is 0 Å². The van der Waals surface area contributed by atoms with E-state index in [4.69, 9.17) is 10.9 Å². The Hall–Kier alpha value is -1.62. The van der Waals surface area contributed by atoms with E-state index in [1.54, 1.807) is 12.1 Å². The first-order chi connectivity index (χ1) is 8.70. The van der Waals surface area contributed by atoms with Gasteiger partial charge in [0.05, 0.1) is 0 Å². The third-order valence-electron chi connectivity index (χ3n) is 3.39. The van der Waals surface area contributed by atoms with Crippen molar-refractivity contribution in [2.75, 3.05) is 0 Å². The zero-order chi connectivity index (χ0) is 13.0. The minimum atomic E-state index is -0.329. The Morgan fingerprint density at radius 2 is 2.17 bits per heavy atom.